The highest BCUT2D eigenvalue weighted by molar-refractivity contribution is 6.04. The van der Waals surface area contributed by atoms with E-state index in [2.05, 4.69) is 182 Å². The van der Waals surface area contributed by atoms with Gasteiger partial charge in [-0.1, -0.05) is 182 Å². The van der Waals surface area contributed by atoms with Gasteiger partial charge in [0.1, 0.15) is 11.5 Å². The summed E-state index contributed by atoms with van der Waals surface area (Å²) >= 11 is 0. The van der Waals surface area contributed by atoms with Crippen LogP contribution in [0.3, 0.4) is 0 Å². The average molecular weight is 691 g/mol. The van der Waals surface area contributed by atoms with Crippen molar-refractivity contribution in [3.8, 4) is 56.5 Å². The van der Waals surface area contributed by atoms with Gasteiger partial charge < -0.3 is 4.74 Å². The second-order valence-electron chi connectivity index (χ2n) is 14.4. The van der Waals surface area contributed by atoms with Crippen LogP contribution in [0.1, 0.15) is 28.2 Å². The van der Waals surface area contributed by atoms with Crippen molar-refractivity contribution in [2.75, 3.05) is 0 Å². The Bertz CT molecular complexity index is 2760. The molecule has 1 spiro atoms. The second-order valence-corrected chi connectivity index (χ2v) is 14.4. The molecule has 54 heavy (non-hydrogen) atoms. The standard InChI is InChI=1S/C51H34N2O/c1-3-17-34(18-4-1)45-32-46(35-19-5-2-6-20-35)53-50(52-45)48-36-21-8-7-16-33(36)30-31-39(48)40-24-15-28-44-49(40)54-47-29-14-13-27-43(47)51(44)41-25-11-9-22-37(41)38-23-10-12-26-42(38)51/h1-32,37,41H. The quantitative estimate of drug-likeness (QED) is 0.184. The molecule has 1 aliphatic heterocycles. The third-order valence-electron chi connectivity index (χ3n) is 11.7. The number of aromatic nitrogens is 2. The maximum atomic E-state index is 7.15. The normalized spacial score (nSPS) is 18.8. The van der Waals surface area contributed by atoms with Gasteiger partial charge in [0.25, 0.3) is 0 Å². The van der Waals surface area contributed by atoms with E-state index < -0.39 is 5.41 Å². The van der Waals surface area contributed by atoms with Crippen molar-refractivity contribution in [1.29, 1.82) is 0 Å². The summed E-state index contributed by atoms with van der Waals surface area (Å²) < 4.78 is 7.15. The lowest BCUT2D eigenvalue weighted by Gasteiger charge is -2.43. The fourth-order valence-corrected chi connectivity index (χ4v) is 9.41. The van der Waals surface area contributed by atoms with Gasteiger partial charge in [-0.25, -0.2) is 9.97 Å². The van der Waals surface area contributed by atoms with Crippen LogP contribution in [0.15, 0.2) is 194 Å². The number of fused-ring (bicyclic) bond motifs is 10. The van der Waals surface area contributed by atoms with Crippen molar-refractivity contribution in [2.45, 2.75) is 11.3 Å². The monoisotopic (exact) mass is 690 g/mol. The van der Waals surface area contributed by atoms with E-state index in [9.17, 15) is 0 Å². The summed E-state index contributed by atoms with van der Waals surface area (Å²) in [7, 11) is 0. The number of ether oxygens (including phenoxy) is 1. The molecule has 0 fully saturated rings. The highest BCUT2D eigenvalue weighted by atomic mass is 16.5. The molecule has 3 aliphatic rings. The number of allylic oxidation sites excluding steroid dienone is 4. The molecule has 3 nitrogen and oxygen atoms in total. The zero-order chi connectivity index (χ0) is 35.6. The molecule has 0 N–H and O–H groups in total. The van der Waals surface area contributed by atoms with Crippen molar-refractivity contribution < 1.29 is 4.74 Å². The first-order valence-electron chi connectivity index (χ1n) is 18.7. The molecular formula is C51H34N2O. The topological polar surface area (TPSA) is 35.0 Å². The van der Waals surface area contributed by atoms with Crippen LogP contribution in [0.4, 0.5) is 0 Å². The lowest BCUT2D eigenvalue weighted by molar-refractivity contribution is 0.375. The Labute approximate surface area is 314 Å². The Balaban J connectivity index is 1.21. The Morgan fingerprint density at radius 2 is 1.15 bits per heavy atom. The first-order valence-corrected chi connectivity index (χ1v) is 18.7. The fourth-order valence-electron chi connectivity index (χ4n) is 9.41. The molecule has 0 saturated carbocycles. The molecule has 3 atom stereocenters. The summed E-state index contributed by atoms with van der Waals surface area (Å²) in [6.45, 7) is 0. The molecule has 2 heterocycles. The highest BCUT2D eigenvalue weighted by Crippen LogP contribution is 2.65. The molecule has 8 aromatic rings. The summed E-state index contributed by atoms with van der Waals surface area (Å²) in [5.41, 5.74) is 11.6. The van der Waals surface area contributed by atoms with Crippen LogP contribution in [0.25, 0.3) is 55.8 Å². The molecule has 3 heteroatoms. The number of hydrogen-bond acceptors (Lipinski definition) is 3. The van der Waals surface area contributed by atoms with Crippen molar-refractivity contribution in [3.05, 3.63) is 216 Å². The first-order chi connectivity index (χ1) is 26.8. The van der Waals surface area contributed by atoms with Crippen LogP contribution >= 0.6 is 0 Å². The largest absolute Gasteiger partial charge is 0.456 e. The van der Waals surface area contributed by atoms with Gasteiger partial charge in [-0.05, 0) is 39.6 Å². The van der Waals surface area contributed by atoms with E-state index in [0.29, 0.717) is 5.82 Å². The highest BCUT2D eigenvalue weighted by Gasteiger charge is 2.56. The zero-order valence-corrected chi connectivity index (χ0v) is 29.4. The smallest absolute Gasteiger partial charge is 0.161 e. The first kappa shape index (κ1) is 30.8. The van der Waals surface area contributed by atoms with Crippen molar-refractivity contribution >= 4 is 10.8 Å². The summed E-state index contributed by atoms with van der Waals surface area (Å²) in [6, 6.07) is 60.3. The predicted molar refractivity (Wildman–Crippen MR) is 219 cm³/mol. The molecule has 0 saturated heterocycles. The Morgan fingerprint density at radius 3 is 1.94 bits per heavy atom. The van der Waals surface area contributed by atoms with E-state index in [1.165, 1.54) is 22.3 Å². The SMILES string of the molecule is C1=CC2c3ccccc3C3(c4ccccc4Oc4c(-c5ccc6ccccc6c5-c5nc(-c6ccccc6)cc(-c6ccccc6)n5)cccc43)C2C=C1. The van der Waals surface area contributed by atoms with Gasteiger partial charge in [0.15, 0.2) is 5.82 Å². The molecule has 1 aromatic heterocycles. The van der Waals surface area contributed by atoms with Gasteiger partial charge in [0, 0.05) is 45.2 Å². The van der Waals surface area contributed by atoms with Gasteiger partial charge in [-0.15, -0.1) is 0 Å². The second kappa shape index (κ2) is 12.1. The molecule has 0 radical (unpaired) electrons. The van der Waals surface area contributed by atoms with E-state index in [-0.39, 0.29) is 11.8 Å². The van der Waals surface area contributed by atoms with Crippen LogP contribution < -0.4 is 4.74 Å². The third kappa shape index (κ3) is 4.48. The van der Waals surface area contributed by atoms with Crippen molar-refractivity contribution in [2.24, 2.45) is 5.92 Å². The Kier molecular flexibility index (Phi) is 6.90. The molecule has 3 unspecified atom stereocenters. The van der Waals surface area contributed by atoms with E-state index >= 15 is 0 Å². The zero-order valence-electron chi connectivity index (χ0n) is 29.4. The Hall–Kier alpha value is -6.84. The average Bonchev–Trinajstić information content (AvgIpc) is 3.54. The number of rotatable bonds is 4. The number of hydrogen-bond donors (Lipinski definition) is 0. The van der Waals surface area contributed by atoms with Crippen LogP contribution in [-0.4, -0.2) is 9.97 Å². The minimum absolute atomic E-state index is 0.189. The molecule has 7 aromatic carbocycles. The summed E-state index contributed by atoms with van der Waals surface area (Å²) in [5, 5.41) is 2.22. The van der Waals surface area contributed by atoms with Crippen molar-refractivity contribution in [1.82, 2.24) is 9.97 Å². The molecular weight excluding hydrogens is 657 g/mol. The van der Waals surface area contributed by atoms with Crippen LogP contribution in [-0.2, 0) is 5.41 Å². The maximum absolute atomic E-state index is 7.15. The fraction of sp³-hybridized carbons (Fsp3) is 0.0588. The van der Waals surface area contributed by atoms with E-state index in [0.717, 1.165) is 61.5 Å². The lowest BCUT2D eigenvalue weighted by Crippen LogP contribution is -2.37. The molecule has 254 valence electrons. The summed E-state index contributed by atoms with van der Waals surface area (Å²) in [5.74, 6) is 2.91. The van der Waals surface area contributed by atoms with E-state index in [1.54, 1.807) is 0 Å². The van der Waals surface area contributed by atoms with Crippen LogP contribution in [0, 0.1) is 5.92 Å². The third-order valence-corrected chi connectivity index (χ3v) is 11.7. The van der Waals surface area contributed by atoms with Crippen LogP contribution in [0.5, 0.6) is 11.5 Å². The van der Waals surface area contributed by atoms with E-state index in [4.69, 9.17) is 14.7 Å². The summed E-state index contributed by atoms with van der Waals surface area (Å²) in [6.07, 6.45) is 9.22. The summed E-state index contributed by atoms with van der Waals surface area (Å²) in [4.78, 5) is 10.7. The van der Waals surface area contributed by atoms with Gasteiger partial charge in [0.05, 0.1) is 16.8 Å². The number of nitrogens with zero attached hydrogens (tertiary/aromatic N) is 2. The number of benzene rings is 7. The van der Waals surface area contributed by atoms with Gasteiger partial charge in [0.2, 0.25) is 0 Å². The minimum Gasteiger partial charge on any atom is -0.456 e. The van der Waals surface area contributed by atoms with E-state index in [1.807, 2.05) is 12.1 Å². The lowest BCUT2D eigenvalue weighted by atomic mass is 9.61. The molecule has 0 amide bonds. The number of para-hydroxylation sites is 2. The predicted octanol–water partition coefficient (Wildman–Crippen LogP) is 12.6. The molecule has 11 rings (SSSR count). The molecule has 0 bridgehead atoms. The van der Waals surface area contributed by atoms with Crippen LogP contribution in [0.2, 0.25) is 0 Å². The maximum Gasteiger partial charge on any atom is 0.161 e. The van der Waals surface area contributed by atoms with Crippen molar-refractivity contribution in [3.63, 3.8) is 0 Å². The molecule has 2 aliphatic carbocycles. The van der Waals surface area contributed by atoms with Gasteiger partial charge in [-0.2, -0.15) is 0 Å². The van der Waals surface area contributed by atoms with Gasteiger partial charge in [-0.3, -0.25) is 0 Å². The Morgan fingerprint density at radius 1 is 0.500 bits per heavy atom. The minimum atomic E-state index is -0.441. The van der Waals surface area contributed by atoms with Gasteiger partial charge >= 0.3 is 0 Å².